The maximum absolute atomic E-state index is 12.9. The van der Waals surface area contributed by atoms with E-state index in [1.807, 2.05) is 37.3 Å². The molecule has 0 amide bonds. The van der Waals surface area contributed by atoms with Crippen LogP contribution in [0.5, 0.6) is 0 Å². The molecule has 2 heterocycles. The number of rotatable bonds is 6. The summed E-state index contributed by atoms with van der Waals surface area (Å²) in [5.41, 5.74) is 4.93. The minimum absolute atomic E-state index is 0.0654. The molecule has 1 fully saturated rings. The highest BCUT2D eigenvalue weighted by Gasteiger charge is 2.22. The van der Waals surface area contributed by atoms with E-state index in [1.54, 1.807) is 0 Å². The molecule has 2 N–H and O–H groups in total. The van der Waals surface area contributed by atoms with Crippen LogP contribution in [-0.2, 0) is 17.8 Å². The lowest BCUT2D eigenvalue weighted by molar-refractivity contribution is 0.0896. The summed E-state index contributed by atoms with van der Waals surface area (Å²) in [6, 6.07) is 16.3. The van der Waals surface area contributed by atoms with Crippen molar-refractivity contribution >= 4 is 28.2 Å². The highest BCUT2D eigenvalue weighted by molar-refractivity contribution is 7.80. The summed E-state index contributed by atoms with van der Waals surface area (Å²) in [5, 5.41) is 5.08. The fraction of sp³-hybridized carbons (Fsp3) is 0.360. The van der Waals surface area contributed by atoms with Crippen molar-refractivity contribution in [3.05, 3.63) is 81.1 Å². The summed E-state index contributed by atoms with van der Waals surface area (Å²) in [4.78, 5) is 18.0. The summed E-state index contributed by atoms with van der Waals surface area (Å²) in [6.45, 7) is 6.64. The van der Waals surface area contributed by atoms with Gasteiger partial charge in [-0.2, -0.15) is 0 Å². The molecule has 1 aliphatic rings. The van der Waals surface area contributed by atoms with Crippen molar-refractivity contribution in [1.82, 2.24) is 15.2 Å². The van der Waals surface area contributed by atoms with Gasteiger partial charge in [0.2, 0.25) is 0 Å². The van der Waals surface area contributed by atoms with Crippen LogP contribution in [0.1, 0.15) is 35.1 Å². The number of hydrogen-bond donors (Lipinski definition) is 2. The van der Waals surface area contributed by atoms with Crippen LogP contribution in [0.3, 0.4) is 0 Å². The van der Waals surface area contributed by atoms with Crippen molar-refractivity contribution in [1.29, 1.82) is 0 Å². The molecule has 0 aliphatic carbocycles. The van der Waals surface area contributed by atoms with Gasteiger partial charge >= 0.3 is 0 Å². The van der Waals surface area contributed by atoms with Gasteiger partial charge in [0.25, 0.3) is 5.56 Å². The first-order valence-electron chi connectivity index (χ1n) is 10.8. The van der Waals surface area contributed by atoms with E-state index in [4.69, 9.17) is 17.0 Å². The maximum atomic E-state index is 12.9. The fourth-order valence-corrected chi connectivity index (χ4v) is 4.29. The highest BCUT2D eigenvalue weighted by atomic mass is 32.1. The third kappa shape index (κ3) is 5.14. The van der Waals surface area contributed by atoms with Gasteiger partial charge in [0, 0.05) is 30.6 Å². The summed E-state index contributed by atoms with van der Waals surface area (Å²) in [6.07, 6.45) is 2.22. The van der Waals surface area contributed by atoms with Crippen LogP contribution in [0.2, 0.25) is 0 Å². The lowest BCUT2D eigenvalue weighted by atomic mass is 10.0. The Morgan fingerprint density at radius 2 is 1.97 bits per heavy atom. The zero-order chi connectivity index (χ0) is 21.8. The largest absolute Gasteiger partial charge is 0.376 e. The molecule has 3 aromatic rings. The second kappa shape index (κ2) is 9.62. The first-order valence-corrected chi connectivity index (χ1v) is 11.2. The lowest BCUT2D eigenvalue weighted by Gasteiger charge is -2.28. The van der Waals surface area contributed by atoms with Gasteiger partial charge in [-0.05, 0) is 61.7 Å². The Hall–Kier alpha value is -2.70. The number of thiocarbonyl (C=S) groups is 1. The Bertz CT molecular complexity index is 1120. The van der Waals surface area contributed by atoms with Crippen LogP contribution in [0.25, 0.3) is 10.9 Å². The minimum Gasteiger partial charge on any atom is -0.376 e. The molecular formula is C25H29N3O2S. The number of aromatic amines is 1. The molecule has 1 atom stereocenters. The fourth-order valence-electron chi connectivity index (χ4n) is 4.08. The van der Waals surface area contributed by atoms with Gasteiger partial charge in [0.1, 0.15) is 0 Å². The van der Waals surface area contributed by atoms with E-state index in [0.29, 0.717) is 30.3 Å². The number of H-pyrrole nitrogens is 1. The molecule has 0 unspecified atom stereocenters. The van der Waals surface area contributed by atoms with Gasteiger partial charge in [-0.25, -0.2) is 0 Å². The number of aromatic nitrogens is 1. The average Bonchev–Trinajstić information content (AvgIpc) is 3.29. The molecule has 0 bridgehead atoms. The molecular weight excluding hydrogens is 406 g/mol. The van der Waals surface area contributed by atoms with Crippen LogP contribution >= 0.6 is 12.2 Å². The van der Waals surface area contributed by atoms with Gasteiger partial charge in [-0.3, -0.25) is 4.79 Å². The van der Waals surface area contributed by atoms with E-state index in [0.717, 1.165) is 47.0 Å². The van der Waals surface area contributed by atoms with Crippen LogP contribution in [0.15, 0.2) is 53.3 Å². The molecule has 162 valence electrons. The smallest absolute Gasteiger partial charge is 0.253 e. The molecule has 5 nitrogen and oxygen atoms in total. The van der Waals surface area contributed by atoms with Crippen LogP contribution in [0, 0.1) is 13.8 Å². The zero-order valence-electron chi connectivity index (χ0n) is 18.1. The van der Waals surface area contributed by atoms with E-state index in [9.17, 15) is 4.79 Å². The van der Waals surface area contributed by atoms with Crippen molar-refractivity contribution in [2.45, 2.75) is 45.9 Å². The Labute approximate surface area is 188 Å². The second-order valence-corrected chi connectivity index (χ2v) is 8.66. The van der Waals surface area contributed by atoms with E-state index < -0.39 is 0 Å². The predicted molar refractivity (Wildman–Crippen MR) is 129 cm³/mol. The van der Waals surface area contributed by atoms with Crippen molar-refractivity contribution < 1.29 is 4.74 Å². The van der Waals surface area contributed by atoms with Crippen molar-refractivity contribution in [3.63, 3.8) is 0 Å². The number of fused-ring (bicyclic) bond motifs is 1. The van der Waals surface area contributed by atoms with Gasteiger partial charge in [-0.1, -0.05) is 42.5 Å². The van der Waals surface area contributed by atoms with Gasteiger partial charge < -0.3 is 19.9 Å². The minimum atomic E-state index is -0.0654. The number of hydrogen-bond acceptors (Lipinski definition) is 3. The van der Waals surface area contributed by atoms with E-state index in [1.165, 1.54) is 0 Å². The Morgan fingerprint density at radius 1 is 1.19 bits per heavy atom. The molecule has 2 aromatic carbocycles. The quantitative estimate of drug-likeness (QED) is 0.569. The molecule has 0 radical (unpaired) electrons. The summed E-state index contributed by atoms with van der Waals surface area (Å²) >= 11 is 5.74. The normalized spacial score (nSPS) is 15.9. The molecule has 0 spiro atoms. The van der Waals surface area contributed by atoms with Crippen LogP contribution in [0.4, 0.5) is 0 Å². The second-order valence-electron chi connectivity index (χ2n) is 8.27. The Balaban J connectivity index is 1.57. The Morgan fingerprint density at radius 3 is 2.71 bits per heavy atom. The van der Waals surface area contributed by atoms with E-state index in [-0.39, 0.29) is 11.7 Å². The summed E-state index contributed by atoms with van der Waals surface area (Å²) in [7, 11) is 0. The topological polar surface area (TPSA) is 57.4 Å². The Kier molecular flexibility index (Phi) is 6.68. The van der Waals surface area contributed by atoms with Crippen molar-refractivity contribution in [3.8, 4) is 0 Å². The van der Waals surface area contributed by atoms with Gasteiger partial charge in [0.05, 0.1) is 18.2 Å². The number of ether oxygens (including phenoxy) is 1. The molecule has 0 saturated carbocycles. The molecule has 6 heteroatoms. The number of pyridine rings is 1. The molecule has 1 saturated heterocycles. The number of aryl methyl sites for hydroxylation is 2. The first-order chi connectivity index (χ1) is 15.0. The number of benzene rings is 2. The van der Waals surface area contributed by atoms with E-state index >= 15 is 0 Å². The number of nitrogens with zero attached hydrogens (tertiary/aromatic N) is 1. The van der Waals surface area contributed by atoms with Crippen LogP contribution in [-0.4, -0.2) is 34.3 Å². The lowest BCUT2D eigenvalue weighted by Crippen LogP contribution is -2.43. The summed E-state index contributed by atoms with van der Waals surface area (Å²) in [5.74, 6) is 0. The van der Waals surface area contributed by atoms with Crippen LogP contribution < -0.4 is 10.9 Å². The van der Waals surface area contributed by atoms with E-state index in [2.05, 4.69) is 40.3 Å². The van der Waals surface area contributed by atoms with Gasteiger partial charge in [-0.15, -0.1) is 0 Å². The molecule has 1 aliphatic heterocycles. The molecule has 1 aromatic heterocycles. The molecule has 31 heavy (non-hydrogen) atoms. The third-order valence-corrected chi connectivity index (χ3v) is 6.31. The molecule has 4 rings (SSSR count). The maximum Gasteiger partial charge on any atom is 0.253 e. The number of nitrogens with one attached hydrogen (secondary N) is 2. The monoisotopic (exact) mass is 435 g/mol. The SMILES string of the molecule is Cc1ccc(C)c2[nH]c(=O)c(CN(C[C@@H]3CCCO3)C(=S)NCc3ccccc3)cc12. The zero-order valence-corrected chi connectivity index (χ0v) is 18.9. The highest BCUT2D eigenvalue weighted by Crippen LogP contribution is 2.21. The predicted octanol–water partition coefficient (Wildman–Crippen LogP) is 4.20. The average molecular weight is 436 g/mol. The van der Waals surface area contributed by atoms with Gasteiger partial charge in [0.15, 0.2) is 5.11 Å². The first kappa shape index (κ1) is 21.5. The summed E-state index contributed by atoms with van der Waals surface area (Å²) < 4.78 is 5.85. The standard InChI is InChI=1S/C25H29N3O2S/c1-17-10-11-18(2)23-22(17)13-20(24(29)27-23)15-28(16-21-9-6-12-30-21)25(31)26-14-19-7-4-3-5-8-19/h3-5,7-8,10-11,13,21H,6,9,12,14-16H2,1-2H3,(H,26,31)(H,27,29)/t21-/m0/s1. The van der Waals surface area contributed by atoms with Crippen molar-refractivity contribution in [2.24, 2.45) is 0 Å². The van der Waals surface area contributed by atoms with Crippen molar-refractivity contribution in [2.75, 3.05) is 13.2 Å². The third-order valence-electron chi connectivity index (χ3n) is 5.90.